The van der Waals surface area contributed by atoms with Gasteiger partial charge in [-0.25, -0.2) is 0 Å². The van der Waals surface area contributed by atoms with Gasteiger partial charge in [-0.3, -0.25) is 4.98 Å². The molecule has 0 unspecified atom stereocenters. The number of furan rings is 1. The number of nitrogens with zero attached hydrogens (tertiary/aromatic N) is 1. The van der Waals surface area contributed by atoms with Crippen LogP contribution in [0.15, 0.2) is 114 Å². The van der Waals surface area contributed by atoms with Crippen LogP contribution in [0.3, 0.4) is 0 Å². The van der Waals surface area contributed by atoms with Crippen molar-refractivity contribution in [1.82, 2.24) is 4.98 Å². The molecule has 0 spiro atoms. The van der Waals surface area contributed by atoms with E-state index in [1.807, 2.05) is 12.1 Å². The molecule has 0 saturated carbocycles. The molecule has 0 amide bonds. The SMILES string of the molecule is C1=Cc2c(c3ccccc3c3cnc(-c4cccc(-c5cccc6c5oc5ccccc56)c4)cc23)CC1. The Hall–Kier alpha value is -4.69. The van der Waals surface area contributed by atoms with Crippen molar-refractivity contribution in [2.45, 2.75) is 12.8 Å². The van der Waals surface area contributed by atoms with Crippen LogP contribution in [0.25, 0.3) is 71.9 Å². The van der Waals surface area contributed by atoms with E-state index in [1.165, 1.54) is 32.7 Å². The first-order valence-corrected chi connectivity index (χ1v) is 12.9. The van der Waals surface area contributed by atoms with Crippen molar-refractivity contribution in [3.05, 3.63) is 120 Å². The Morgan fingerprint density at radius 2 is 1.41 bits per heavy atom. The highest BCUT2D eigenvalue weighted by Gasteiger charge is 2.17. The van der Waals surface area contributed by atoms with Crippen LogP contribution in [0.4, 0.5) is 0 Å². The lowest BCUT2D eigenvalue weighted by Crippen LogP contribution is -1.98. The van der Waals surface area contributed by atoms with Gasteiger partial charge in [-0.2, -0.15) is 0 Å². The molecule has 0 saturated heterocycles. The van der Waals surface area contributed by atoms with Gasteiger partial charge in [0.2, 0.25) is 0 Å². The molecule has 2 aromatic heterocycles. The highest BCUT2D eigenvalue weighted by molar-refractivity contribution is 6.13. The Bertz CT molecular complexity index is 2040. The number of hydrogen-bond acceptors (Lipinski definition) is 2. The maximum Gasteiger partial charge on any atom is 0.143 e. The second kappa shape index (κ2) is 7.91. The Morgan fingerprint density at radius 1 is 0.622 bits per heavy atom. The van der Waals surface area contributed by atoms with Crippen molar-refractivity contribution >= 4 is 49.6 Å². The monoisotopic (exact) mass is 473 g/mol. The van der Waals surface area contributed by atoms with E-state index in [9.17, 15) is 0 Å². The molecule has 1 aliphatic carbocycles. The Morgan fingerprint density at radius 3 is 2.35 bits per heavy atom. The molecule has 2 heterocycles. The van der Waals surface area contributed by atoms with Gasteiger partial charge < -0.3 is 4.42 Å². The van der Waals surface area contributed by atoms with E-state index in [2.05, 4.69) is 103 Å². The maximum absolute atomic E-state index is 6.32. The van der Waals surface area contributed by atoms with E-state index >= 15 is 0 Å². The van der Waals surface area contributed by atoms with Crippen molar-refractivity contribution < 1.29 is 4.42 Å². The van der Waals surface area contributed by atoms with E-state index in [4.69, 9.17) is 9.40 Å². The van der Waals surface area contributed by atoms with Crippen molar-refractivity contribution in [2.75, 3.05) is 0 Å². The van der Waals surface area contributed by atoms with Crippen molar-refractivity contribution in [3.63, 3.8) is 0 Å². The minimum atomic E-state index is 0.919. The summed E-state index contributed by atoms with van der Waals surface area (Å²) in [5, 5.41) is 7.43. The molecule has 1 aliphatic rings. The van der Waals surface area contributed by atoms with Gasteiger partial charge in [0, 0.05) is 33.5 Å². The molecule has 7 aromatic rings. The first kappa shape index (κ1) is 20.5. The summed E-state index contributed by atoms with van der Waals surface area (Å²) in [5.41, 5.74) is 8.96. The van der Waals surface area contributed by atoms with Crippen molar-refractivity contribution in [2.24, 2.45) is 0 Å². The van der Waals surface area contributed by atoms with E-state index < -0.39 is 0 Å². The van der Waals surface area contributed by atoms with Gasteiger partial charge in [-0.1, -0.05) is 91.0 Å². The number of hydrogen-bond donors (Lipinski definition) is 0. The highest BCUT2D eigenvalue weighted by atomic mass is 16.3. The average molecular weight is 474 g/mol. The lowest BCUT2D eigenvalue weighted by molar-refractivity contribution is 0.670. The first-order chi connectivity index (χ1) is 18.3. The molecule has 8 rings (SSSR count). The van der Waals surface area contributed by atoms with Crippen molar-refractivity contribution in [3.8, 4) is 22.4 Å². The first-order valence-electron chi connectivity index (χ1n) is 12.9. The standard InChI is InChI=1S/C35H23NO/c1-3-13-27-25(11-1)26-12-2-4-14-28(26)32-21-36-33(20-31(27)32)23-10-7-9-22(19-23)24-16-8-17-30-29-15-5-6-18-34(29)37-35(24)30/h2-10,12-21H,1,11H2. The Kier molecular flexibility index (Phi) is 4.38. The molecule has 2 nitrogen and oxygen atoms in total. The Balaban J connectivity index is 1.32. The summed E-state index contributed by atoms with van der Waals surface area (Å²) in [7, 11) is 0. The van der Waals surface area contributed by atoms with Crippen LogP contribution in [0.2, 0.25) is 0 Å². The summed E-state index contributed by atoms with van der Waals surface area (Å²) >= 11 is 0. The molecular weight excluding hydrogens is 450 g/mol. The number of allylic oxidation sites excluding steroid dienone is 1. The molecule has 0 radical (unpaired) electrons. The van der Waals surface area contributed by atoms with Crippen LogP contribution in [-0.2, 0) is 6.42 Å². The fourth-order valence-corrected chi connectivity index (χ4v) is 6.05. The lowest BCUT2D eigenvalue weighted by Gasteiger charge is -2.18. The number of benzene rings is 5. The van der Waals surface area contributed by atoms with Crippen molar-refractivity contribution in [1.29, 1.82) is 0 Å². The number of aromatic nitrogens is 1. The zero-order valence-corrected chi connectivity index (χ0v) is 20.2. The molecule has 0 N–H and O–H groups in total. The fourth-order valence-electron chi connectivity index (χ4n) is 6.05. The van der Waals surface area contributed by atoms with Crippen LogP contribution in [0.1, 0.15) is 17.5 Å². The molecule has 0 bridgehead atoms. The van der Waals surface area contributed by atoms with Crippen LogP contribution in [0, 0.1) is 0 Å². The zero-order valence-electron chi connectivity index (χ0n) is 20.2. The van der Waals surface area contributed by atoms with E-state index in [0.717, 1.165) is 57.2 Å². The number of aryl methyl sites for hydroxylation is 1. The molecular formula is C35H23NO. The zero-order chi connectivity index (χ0) is 24.3. The molecule has 37 heavy (non-hydrogen) atoms. The predicted octanol–water partition coefficient (Wildman–Crippen LogP) is 9.58. The highest BCUT2D eigenvalue weighted by Crippen LogP contribution is 2.39. The number of para-hydroxylation sites is 2. The minimum Gasteiger partial charge on any atom is -0.455 e. The topological polar surface area (TPSA) is 26.0 Å². The minimum absolute atomic E-state index is 0.919. The summed E-state index contributed by atoms with van der Waals surface area (Å²) in [6.07, 6.45) is 8.83. The Labute approximate surface area is 214 Å². The lowest BCUT2D eigenvalue weighted by atomic mass is 9.87. The quantitative estimate of drug-likeness (QED) is 0.234. The van der Waals surface area contributed by atoms with Gasteiger partial charge >= 0.3 is 0 Å². The van der Waals surface area contributed by atoms with Gasteiger partial charge in [0.05, 0.1) is 5.69 Å². The fraction of sp³-hybridized carbons (Fsp3) is 0.0571. The summed E-state index contributed by atoms with van der Waals surface area (Å²) in [6, 6.07) is 34.3. The largest absolute Gasteiger partial charge is 0.455 e. The predicted molar refractivity (Wildman–Crippen MR) is 155 cm³/mol. The van der Waals surface area contributed by atoms with E-state index in [0.29, 0.717) is 0 Å². The molecule has 174 valence electrons. The van der Waals surface area contributed by atoms with Gasteiger partial charge in [0.1, 0.15) is 11.2 Å². The summed E-state index contributed by atoms with van der Waals surface area (Å²) in [5.74, 6) is 0. The second-order valence-electron chi connectivity index (χ2n) is 9.86. The van der Waals surface area contributed by atoms with Gasteiger partial charge in [-0.15, -0.1) is 0 Å². The molecule has 0 aliphatic heterocycles. The number of fused-ring (bicyclic) bond motifs is 9. The normalized spacial score (nSPS) is 13.1. The van der Waals surface area contributed by atoms with Gasteiger partial charge in [-0.05, 0) is 63.9 Å². The molecule has 2 heteroatoms. The maximum atomic E-state index is 6.32. The number of pyridine rings is 1. The van der Waals surface area contributed by atoms with Gasteiger partial charge in [0.25, 0.3) is 0 Å². The van der Waals surface area contributed by atoms with E-state index in [1.54, 1.807) is 0 Å². The summed E-state index contributed by atoms with van der Waals surface area (Å²) in [4.78, 5) is 4.96. The number of rotatable bonds is 2. The summed E-state index contributed by atoms with van der Waals surface area (Å²) < 4.78 is 6.32. The molecule has 5 aromatic carbocycles. The smallest absolute Gasteiger partial charge is 0.143 e. The van der Waals surface area contributed by atoms with Crippen LogP contribution in [0.5, 0.6) is 0 Å². The molecule has 0 fully saturated rings. The third-order valence-electron chi connectivity index (χ3n) is 7.78. The third-order valence-corrected chi connectivity index (χ3v) is 7.78. The second-order valence-corrected chi connectivity index (χ2v) is 9.86. The summed E-state index contributed by atoms with van der Waals surface area (Å²) in [6.45, 7) is 0. The van der Waals surface area contributed by atoms with Gasteiger partial charge in [0.15, 0.2) is 0 Å². The van der Waals surface area contributed by atoms with Crippen LogP contribution >= 0.6 is 0 Å². The van der Waals surface area contributed by atoms with Crippen LogP contribution < -0.4 is 0 Å². The van der Waals surface area contributed by atoms with Crippen LogP contribution in [-0.4, -0.2) is 4.98 Å². The third kappa shape index (κ3) is 3.09. The average Bonchev–Trinajstić information content (AvgIpc) is 3.36. The molecule has 0 atom stereocenters. The van der Waals surface area contributed by atoms with E-state index in [-0.39, 0.29) is 0 Å².